The molecule has 0 bridgehead atoms. The highest BCUT2D eigenvalue weighted by Crippen LogP contribution is 2.35. The van der Waals surface area contributed by atoms with Crippen LogP contribution in [0.2, 0.25) is 0 Å². The zero-order valence-corrected chi connectivity index (χ0v) is 14.0. The van der Waals surface area contributed by atoms with Gasteiger partial charge in [0.05, 0.1) is 23.0 Å². The first-order valence-corrected chi connectivity index (χ1v) is 7.86. The normalized spacial score (nSPS) is 11.2. The minimum absolute atomic E-state index is 0.0792. The van der Waals surface area contributed by atoms with Crippen LogP contribution in [0.25, 0.3) is 0 Å². The summed E-state index contributed by atoms with van der Waals surface area (Å²) in [5, 5.41) is 8.82. The highest BCUT2D eigenvalue weighted by atomic mass is 32.2. The minimum atomic E-state index is -4.70. The van der Waals surface area contributed by atoms with E-state index in [1.54, 1.807) is 13.8 Å². The van der Waals surface area contributed by atoms with Gasteiger partial charge >= 0.3 is 12.1 Å². The summed E-state index contributed by atoms with van der Waals surface area (Å²) in [6, 6.07) is 2.26. The molecule has 0 saturated carbocycles. The van der Waals surface area contributed by atoms with Crippen molar-refractivity contribution in [2.24, 2.45) is 0 Å². The summed E-state index contributed by atoms with van der Waals surface area (Å²) in [6.45, 7) is 4.62. The number of nitrogens with zero attached hydrogens (tertiary/aromatic N) is 2. The first kappa shape index (κ1) is 20.0. The van der Waals surface area contributed by atoms with E-state index >= 15 is 0 Å². The lowest BCUT2D eigenvalue weighted by molar-refractivity contribution is -0.149. The van der Waals surface area contributed by atoms with E-state index in [1.165, 1.54) is 13.0 Å². The average Bonchev–Trinajstić information content (AvgIpc) is 2.42. The zero-order valence-electron chi connectivity index (χ0n) is 13.2. The second-order valence-electron chi connectivity index (χ2n) is 5.14. The fourth-order valence-electron chi connectivity index (χ4n) is 1.75. The number of ketones is 1. The molecule has 0 radical (unpaired) electrons. The summed E-state index contributed by atoms with van der Waals surface area (Å²) < 4.78 is 43.7. The fourth-order valence-corrected chi connectivity index (χ4v) is 2.65. The van der Waals surface area contributed by atoms with Gasteiger partial charge in [-0.25, -0.2) is 4.98 Å². The molecule has 0 aromatic carbocycles. The molecule has 0 amide bonds. The number of rotatable bonds is 6. The van der Waals surface area contributed by atoms with Crippen molar-refractivity contribution in [2.75, 3.05) is 5.75 Å². The highest BCUT2D eigenvalue weighted by Gasteiger charge is 2.35. The summed E-state index contributed by atoms with van der Waals surface area (Å²) >= 11 is 0.694. The average molecular weight is 360 g/mol. The molecule has 1 aromatic heterocycles. The lowest BCUT2D eigenvalue weighted by atomic mass is 10.1. The third-order valence-corrected chi connectivity index (χ3v) is 3.65. The molecule has 0 saturated heterocycles. The topological polar surface area (TPSA) is 80.0 Å². The quantitative estimate of drug-likeness (QED) is 0.440. The van der Waals surface area contributed by atoms with Gasteiger partial charge in [-0.15, -0.1) is 0 Å². The molecule has 5 nitrogen and oxygen atoms in total. The van der Waals surface area contributed by atoms with Gasteiger partial charge in [-0.3, -0.25) is 9.59 Å². The Morgan fingerprint density at radius 2 is 2.04 bits per heavy atom. The van der Waals surface area contributed by atoms with Gasteiger partial charge in [0.2, 0.25) is 0 Å². The summed E-state index contributed by atoms with van der Waals surface area (Å²) in [6.07, 6.45) is -5.54. The number of thioether (sulfide) groups is 1. The van der Waals surface area contributed by atoms with Crippen molar-refractivity contribution in [1.29, 1.82) is 5.26 Å². The van der Waals surface area contributed by atoms with Crippen molar-refractivity contribution in [2.45, 2.75) is 44.5 Å². The smallest absolute Gasteiger partial charge is 0.417 e. The molecule has 0 unspecified atom stereocenters. The lowest BCUT2D eigenvalue weighted by Gasteiger charge is -2.12. The maximum atomic E-state index is 13.0. The third-order valence-electron chi connectivity index (χ3n) is 2.61. The Kier molecular flexibility index (Phi) is 6.78. The number of nitriles is 1. The van der Waals surface area contributed by atoms with Gasteiger partial charge in [-0.1, -0.05) is 11.8 Å². The minimum Gasteiger partial charge on any atom is -0.463 e. The molecule has 1 heterocycles. The number of halogens is 3. The number of alkyl halides is 3. The summed E-state index contributed by atoms with van der Waals surface area (Å²) in [4.78, 5) is 27.0. The van der Waals surface area contributed by atoms with Crippen LogP contribution in [-0.4, -0.2) is 28.6 Å². The molecule has 0 aliphatic rings. The van der Waals surface area contributed by atoms with Gasteiger partial charge in [-0.2, -0.15) is 18.4 Å². The van der Waals surface area contributed by atoms with E-state index in [4.69, 9.17) is 10.00 Å². The van der Waals surface area contributed by atoms with Crippen LogP contribution < -0.4 is 0 Å². The van der Waals surface area contributed by atoms with Crippen molar-refractivity contribution >= 4 is 23.5 Å². The Morgan fingerprint density at radius 1 is 1.42 bits per heavy atom. The van der Waals surface area contributed by atoms with Crippen LogP contribution in [0.5, 0.6) is 0 Å². The number of hydrogen-bond donors (Lipinski definition) is 0. The van der Waals surface area contributed by atoms with Gasteiger partial charge in [0, 0.05) is 5.69 Å². The van der Waals surface area contributed by atoms with E-state index in [2.05, 4.69) is 4.98 Å². The third kappa shape index (κ3) is 5.85. The van der Waals surface area contributed by atoms with E-state index in [0.29, 0.717) is 11.8 Å². The van der Waals surface area contributed by atoms with Crippen molar-refractivity contribution in [3.05, 3.63) is 22.9 Å². The molecule has 0 N–H and O–H groups in total. The van der Waals surface area contributed by atoms with E-state index in [1.807, 2.05) is 0 Å². The molecule has 0 atom stereocenters. The molecule has 9 heteroatoms. The van der Waals surface area contributed by atoms with E-state index in [9.17, 15) is 22.8 Å². The molecule has 1 rings (SSSR count). The molecular formula is C15H15F3N2O3S. The van der Waals surface area contributed by atoms with E-state index in [-0.39, 0.29) is 22.6 Å². The maximum Gasteiger partial charge on any atom is 0.417 e. The lowest BCUT2D eigenvalue weighted by Crippen LogP contribution is -2.17. The van der Waals surface area contributed by atoms with Gasteiger partial charge in [0.15, 0.2) is 5.78 Å². The second kappa shape index (κ2) is 8.15. The van der Waals surface area contributed by atoms with Crippen LogP contribution in [0.15, 0.2) is 11.1 Å². The van der Waals surface area contributed by atoms with Crippen LogP contribution in [0.1, 0.15) is 37.1 Å². The van der Waals surface area contributed by atoms with Crippen LogP contribution in [0.4, 0.5) is 13.2 Å². The Labute approximate surface area is 141 Å². The summed E-state index contributed by atoms with van der Waals surface area (Å²) in [5.74, 6) is -1.51. The highest BCUT2D eigenvalue weighted by molar-refractivity contribution is 8.00. The van der Waals surface area contributed by atoms with Crippen LogP contribution in [-0.2, 0) is 20.5 Å². The number of hydrogen-bond acceptors (Lipinski definition) is 6. The number of Topliss-reactive ketones (excluding diaryl/α,β-unsaturated/α-hetero) is 1. The Morgan fingerprint density at radius 3 is 2.54 bits per heavy atom. The second-order valence-corrected chi connectivity index (χ2v) is 6.11. The van der Waals surface area contributed by atoms with E-state index < -0.39 is 35.5 Å². The standard InChI is InChI=1S/C15H15F3N2O3S/c1-8(2)23-13(22)5-10(21)7-24-14-11(6-19)12(15(16,17)18)4-9(3)20-14/h4,8H,5,7H2,1-3H3. The van der Waals surface area contributed by atoms with Crippen molar-refractivity contribution in [1.82, 2.24) is 4.98 Å². The number of aryl methyl sites for hydroxylation is 1. The number of aromatic nitrogens is 1. The molecular weight excluding hydrogens is 345 g/mol. The van der Waals surface area contributed by atoms with Crippen molar-refractivity contribution in [3.8, 4) is 6.07 Å². The molecule has 0 fully saturated rings. The summed E-state index contributed by atoms with van der Waals surface area (Å²) in [5.41, 5.74) is -1.64. The predicted molar refractivity (Wildman–Crippen MR) is 80.3 cm³/mol. The van der Waals surface area contributed by atoms with Crippen molar-refractivity contribution in [3.63, 3.8) is 0 Å². The number of esters is 1. The zero-order chi connectivity index (χ0) is 18.5. The molecule has 130 valence electrons. The number of pyridine rings is 1. The van der Waals surface area contributed by atoms with Crippen LogP contribution >= 0.6 is 11.8 Å². The van der Waals surface area contributed by atoms with Gasteiger partial charge in [-0.05, 0) is 26.8 Å². The fraction of sp³-hybridized carbons (Fsp3) is 0.467. The van der Waals surface area contributed by atoms with E-state index in [0.717, 1.165) is 6.07 Å². The monoisotopic (exact) mass is 360 g/mol. The first-order chi connectivity index (χ1) is 11.0. The Balaban J connectivity index is 2.89. The first-order valence-electron chi connectivity index (χ1n) is 6.87. The van der Waals surface area contributed by atoms with Gasteiger partial charge in [0.25, 0.3) is 0 Å². The molecule has 0 spiro atoms. The predicted octanol–water partition coefficient (Wildman–Crippen LogP) is 3.28. The number of carbonyl (C=O) groups excluding carboxylic acids is 2. The summed E-state index contributed by atoms with van der Waals surface area (Å²) in [7, 11) is 0. The molecule has 0 aliphatic heterocycles. The molecule has 1 aromatic rings. The maximum absolute atomic E-state index is 13.0. The van der Waals surface area contributed by atoms with Crippen LogP contribution in [0, 0.1) is 18.3 Å². The van der Waals surface area contributed by atoms with Crippen LogP contribution in [0.3, 0.4) is 0 Å². The largest absolute Gasteiger partial charge is 0.463 e. The van der Waals surface area contributed by atoms with Gasteiger partial charge in [0.1, 0.15) is 17.5 Å². The number of carbonyl (C=O) groups is 2. The Hall–Kier alpha value is -2.08. The Bertz CT molecular complexity index is 682. The van der Waals surface area contributed by atoms with Crippen molar-refractivity contribution < 1.29 is 27.5 Å². The molecule has 24 heavy (non-hydrogen) atoms. The number of ether oxygens (including phenoxy) is 1. The SMILES string of the molecule is Cc1cc(C(F)(F)F)c(C#N)c(SCC(=O)CC(=O)OC(C)C)n1. The molecule has 0 aliphatic carbocycles. The van der Waals surface area contributed by atoms with Gasteiger partial charge < -0.3 is 4.74 Å².